The van der Waals surface area contributed by atoms with Crippen molar-refractivity contribution < 1.29 is 34.4 Å². The highest BCUT2D eigenvalue weighted by atomic mass is 16.5. The van der Waals surface area contributed by atoms with E-state index in [0.29, 0.717) is 17.1 Å². The van der Waals surface area contributed by atoms with E-state index in [-0.39, 0.29) is 52.4 Å². The fourth-order valence-corrected chi connectivity index (χ4v) is 3.24. The smallest absolute Gasteiger partial charge is 0.167 e. The maximum atomic E-state index is 11.2. The number of aromatic nitrogens is 3. The number of carbonyl (C=O) groups is 2. The highest BCUT2D eigenvalue weighted by molar-refractivity contribution is 5.77. The molecular formula is C26H20N3O7-. The molecule has 0 aliphatic rings. The zero-order valence-corrected chi connectivity index (χ0v) is 19.0. The van der Waals surface area contributed by atoms with E-state index in [9.17, 15) is 24.9 Å². The molecule has 4 rings (SSSR count). The number of aromatic hydroxyl groups is 2. The Balaban J connectivity index is 1.78. The van der Waals surface area contributed by atoms with Crippen molar-refractivity contribution >= 4 is 11.8 Å². The molecule has 4 aromatic rings. The van der Waals surface area contributed by atoms with Crippen LogP contribution in [0.15, 0.2) is 66.7 Å². The molecule has 0 aliphatic heterocycles. The summed E-state index contributed by atoms with van der Waals surface area (Å²) in [7, 11) is 0. The summed E-state index contributed by atoms with van der Waals surface area (Å²) in [6, 6.07) is 17.7. The van der Waals surface area contributed by atoms with Gasteiger partial charge < -0.3 is 29.6 Å². The minimum absolute atomic E-state index is 0.110. The Morgan fingerprint density at radius 2 is 1.25 bits per heavy atom. The van der Waals surface area contributed by atoms with Gasteiger partial charge in [-0.1, -0.05) is 30.3 Å². The van der Waals surface area contributed by atoms with Crippen molar-refractivity contribution in [1.29, 1.82) is 0 Å². The third kappa shape index (κ3) is 5.73. The number of Topliss-reactive ketones (excluding diaryl/α,β-unsaturated/α-hetero) is 1. The Morgan fingerprint density at radius 3 is 1.72 bits per heavy atom. The van der Waals surface area contributed by atoms with Gasteiger partial charge in [0.1, 0.15) is 36.2 Å². The number of nitrogens with zero attached hydrogens (tertiary/aromatic N) is 3. The van der Waals surface area contributed by atoms with E-state index in [1.165, 1.54) is 31.2 Å². The van der Waals surface area contributed by atoms with Gasteiger partial charge in [0.15, 0.2) is 23.3 Å². The van der Waals surface area contributed by atoms with Crippen molar-refractivity contribution in [2.75, 3.05) is 13.2 Å². The van der Waals surface area contributed by atoms with Crippen LogP contribution in [-0.2, 0) is 9.59 Å². The molecule has 1 heterocycles. The van der Waals surface area contributed by atoms with Crippen molar-refractivity contribution in [3.05, 3.63) is 66.7 Å². The number of ether oxygens (including phenoxy) is 2. The van der Waals surface area contributed by atoms with E-state index in [1.54, 1.807) is 24.3 Å². The van der Waals surface area contributed by atoms with Crippen LogP contribution in [0.2, 0.25) is 0 Å². The minimum Gasteiger partial charge on any atom is -0.546 e. The van der Waals surface area contributed by atoms with Crippen molar-refractivity contribution in [3.63, 3.8) is 0 Å². The van der Waals surface area contributed by atoms with E-state index < -0.39 is 12.6 Å². The number of hydrogen-bond donors (Lipinski definition) is 2. The summed E-state index contributed by atoms with van der Waals surface area (Å²) in [5.41, 5.74) is 1.19. The molecule has 0 aliphatic carbocycles. The average Bonchev–Trinajstić information content (AvgIpc) is 2.86. The number of carboxylic acid groups (broad SMARTS) is 1. The molecule has 0 bridgehead atoms. The van der Waals surface area contributed by atoms with Crippen LogP contribution in [0.4, 0.5) is 0 Å². The van der Waals surface area contributed by atoms with Crippen molar-refractivity contribution in [2.45, 2.75) is 6.92 Å². The summed E-state index contributed by atoms with van der Waals surface area (Å²) in [6.45, 7) is 0.593. The quantitative estimate of drug-likeness (QED) is 0.360. The van der Waals surface area contributed by atoms with E-state index in [1.807, 2.05) is 18.2 Å². The van der Waals surface area contributed by atoms with Crippen molar-refractivity contribution in [1.82, 2.24) is 15.0 Å². The van der Waals surface area contributed by atoms with Gasteiger partial charge in [-0.2, -0.15) is 0 Å². The highest BCUT2D eigenvalue weighted by Gasteiger charge is 2.17. The zero-order chi connectivity index (χ0) is 25.7. The molecule has 10 heteroatoms. The van der Waals surface area contributed by atoms with Crippen LogP contribution in [0.25, 0.3) is 34.2 Å². The number of benzene rings is 3. The largest absolute Gasteiger partial charge is 0.546 e. The molecule has 0 unspecified atom stereocenters. The molecule has 182 valence electrons. The Hall–Kier alpha value is -4.99. The third-order valence-electron chi connectivity index (χ3n) is 4.89. The van der Waals surface area contributed by atoms with Gasteiger partial charge in [-0.3, -0.25) is 4.79 Å². The topological polar surface area (TPSA) is 155 Å². The standard InChI is InChI=1S/C26H21N3O7/c1-15(30)13-35-17-7-9-19(21(31)11-17)25-27-24(16-5-3-2-4-6-16)28-26(29-25)20-10-8-18(12-22(20)32)36-14-23(33)34/h2-12,31-32H,13-14H2,1H3,(H,33,34)/p-1. The van der Waals surface area contributed by atoms with Gasteiger partial charge in [-0.15, -0.1) is 0 Å². The number of hydrogen-bond acceptors (Lipinski definition) is 10. The predicted octanol–water partition coefficient (Wildman–Crippen LogP) is 2.38. The number of carbonyl (C=O) groups excluding carboxylic acids is 2. The molecule has 0 amide bonds. The maximum absolute atomic E-state index is 11.2. The SMILES string of the molecule is CC(=O)COc1ccc(-c2nc(-c3ccccc3)nc(-c3ccc(OCC(=O)[O-])cc3O)n2)c(O)c1. The first kappa shape index (κ1) is 24.1. The number of ketones is 1. The second kappa shape index (κ2) is 10.5. The summed E-state index contributed by atoms with van der Waals surface area (Å²) in [5.74, 6) is -1.03. The lowest BCUT2D eigenvalue weighted by Gasteiger charge is -2.12. The van der Waals surface area contributed by atoms with Gasteiger partial charge in [0.25, 0.3) is 0 Å². The number of carboxylic acids is 1. The number of aliphatic carboxylic acids is 1. The van der Waals surface area contributed by atoms with Crippen molar-refractivity contribution in [2.24, 2.45) is 0 Å². The van der Waals surface area contributed by atoms with Gasteiger partial charge >= 0.3 is 0 Å². The monoisotopic (exact) mass is 486 g/mol. The van der Waals surface area contributed by atoms with Gasteiger partial charge in [-0.25, -0.2) is 15.0 Å². The molecular weight excluding hydrogens is 466 g/mol. The van der Waals surface area contributed by atoms with Crippen LogP contribution < -0.4 is 14.6 Å². The Bertz CT molecular complexity index is 1340. The fourth-order valence-electron chi connectivity index (χ4n) is 3.24. The summed E-state index contributed by atoms with van der Waals surface area (Å²) in [4.78, 5) is 35.3. The molecule has 10 nitrogen and oxygen atoms in total. The second-order valence-corrected chi connectivity index (χ2v) is 7.68. The second-order valence-electron chi connectivity index (χ2n) is 7.68. The Kier molecular flexibility index (Phi) is 7.05. The fraction of sp³-hybridized carbons (Fsp3) is 0.115. The van der Waals surface area contributed by atoms with Gasteiger partial charge in [-0.05, 0) is 31.2 Å². The lowest BCUT2D eigenvalue weighted by atomic mass is 10.1. The average molecular weight is 486 g/mol. The van der Waals surface area contributed by atoms with Crippen LogP contribution in [0, 0.1) is 0 Å². The van der Waals surface area contributed by atoms with Gasteiger partial charge in [0, 0.05) is 17.7 Å². The van der Waals surface area contributed by atoms with E-state index in [2.05, 4.69) is 15.0 Å². The molecule has 0 fully saturated rings. The Morgan fingerprint density at radius 1 is 0.750 bits per heavy atom. The first-order valence-electron chi connectivity index (χ1n) is 10.7. The zero-order valence-electron chi connectivity index (χ0n) is 19.0. The summed E-state index contributed by atoms with van der Waals surface area (Å²) < 4.78 is 10.4. The molecule has 2 N–H and O–H groups in total. The van der Waals surface area contributed by atoms with Gasteiger partial charge in [0.2, 0.25) is 0 Å². The summed E-state index contributed by atoms with van der Waals surface area (Å²) >= 11 is 0. The highest BCUT2D eigenvalue weighted by Crippen LogP contribution is 2.35. The lowest BCUT2D eigenvalue weighted by molar-refractivity contribution is -0.307. The first-order chi connectivity index (χ1) is 17.3. The van der Waals surface area contributed by atoms with Crippen LogP contribution in [-0.4, -0.2) is 50.1 Å². The predicted molar refractivity (Wildman–Crippen MR) is 126 cm³/mol. The van der Waals surface area contributed by atoms with Crippen LogP contribution in [0.5, 0.6) is 23.0 Å². The van der Waals surface area contributed by atoms with Crippen molar-refractivity contribution in [3.8, 4) is 57.2 Å². The van der Waals surface area contributed by atoms with Crippen LogP contribution in [0.3, 0.4) is 0 Å². The summed E-state index contributed by atoms with van der Waals surface area (Å²) in [6.07, 6.45) is 0. The van der Waals surface area contributed by atoms with E-state index in [0.717, 1.165) is 0 Å². The third-order valence-corrected chi connectivity index (χ3v) is 4.89. The molecule has 0 spiro atoms. The number of rotatable bonds is 9. The normalized spacial score (nSPS) is 10.6. The number of phenolic OH excluding ortho intramolecular Hbond substituents is 2. The lowest BCUT2D eigenvalue weighted by Crippen LogP contribution is -2.28. The molecule has 3 aromatic carbocycles. The van der Waals surface area contributed by atoms with E-state index in [4.69, 9.17) is 9.47 Å². The molecule has 1 aromatic heterocycles. The van der Waals surface area contributed by atoms with E-state index >= 15 is 0 Å². The summed E-state index contributed by atoms with van der Waals surface area (Å²) in [5, 5.41) is 31.9. The molecule has 0 saturated heterocycles. The molecule has 36 heavy (non-hydrogen) atoms. The molecule has 0 atom stereocenters. The molecule has 0 radical (unpaired) electrons. The molecule has 0 saturated carbocycles. The Labute approximate surface area is 205 Å². The van der Waals surface area contributed by atoms with Crippen LogP contribution >= 0.6 is 0 Å². The van der Waals surface area contributed by atoms with Gasteiger partial charge in [0.05, 0.1) is 17.1 Å². The minimum atomic E-state index is -1.40. The number of phenols is 2. The maximum Gasteiger partial charge on any atom is 0.167 e. The first-order valence-corrected chi connectivity index (χ1v) is 10.7. The van der Waals surface area contributed by atoms with Crippen LogP contribution in [0.1, 0.15) is 6.92 Å².